The number of amides is 1. The van der Waals surface area contributed by atoms with Crippen molar-refractivity contribution in [2.75, 3.05) is 26.4 Å². The highest BCUT2D eigenvalue weighted by Gasteiger charge is 2.54. The molecule has 3 saturated heterocycles. The SMILES string of the molecule is CCCCCCCCCC/C=C\CCCCCCCCCCCCCCCCCCCCCC(=O)NC(COC1OC(CO)C(OC2OC(CO)C(OC3OC(CO)C(O)C(O)C3O)C(O)C2O)C(O)C1O)C(O)/C=C/CC/C=C/CC/C=C/CCCCCCCCCCCCCCCCC. The highest BCUT2D eigenvalue weighted by Crippen LogP contribution is 2.33. The van der Waals surface area contributed by atoms with Crippen LogP contribution in [0.4, 0.5) is 0 Å². The molecule has 0 spiro atoms. The number of nitrogens with one attached hydrogen (secondary N) is 1. The molecule has 3 aliphatic heterocycles. The summed E-state index contributed by atoms with van der Waals surface area (Å²) in [6.07, 6.45) is 52.5. The number of carbonyl (C=O) groups is 1. The Balaban J connectivity index is 1.38. The van der Waals surface area contributed by atoms with E-state index < -0.39 is 124 Å². The number of rotatable bonds is 66. The molecule has 12 N–H and O–H groups in total. The molecule has 0 aromatic heterocycles. The van der Waals surface area contributed by atoms with Crippen molar-refractivity contribution < 1.29 is 89.4 Å². The van der Waals surface area contributed by atoms with Crippen molar-refractivity contribution in [1.29, 1.82) is 0 Å². The van der Waals surface area contributed by atoms with Crippen LogP contribution in [0.3, 0.4) is 0 Å². The maximum atomic E-state index is 13.5. The second kappa shape index (κ2) is 62.8. The van der Waals surface area contributed by atoms with Crippen molar-refractivity contribution in [3.8, 4) is 0 Å². The third-order valence-corrected chi connectivity index (χ3v) is 20.6. The van der Waals surface area contributed by atoms with Crippen LogP contribution in [0, 0.1) is 0 Å². The van der Waals surface area contributed by atoms with Crippen molar-refractivity contribution in [2.24, 2.45) is 0 Å². The second-order valence-corrected chi connectivity index (χ2v) is 29.6. The Morgan fingerprint density at radius 3 is 0.990 bits per heavy atom. The quantitative estimate of drug-likeness (QED) is 0.0199. The molecule has 19 nitrogen and oxygen atoms in total. The fraction of sp³-hybridized carbons (Fsp3) is 0.890. The van der Waals surface area contributed by atoms with Gasteiger partial charge in [0.15, 0.2) is 18.9 Å². The first-order valence-corrected chi connectivity index (χ1v) is 41.4. The summed E-state index contributed by atoms with van der Waals surface area (Å²) >= 11 is 0. The van der Waals surface area contributed by atoms with Gasteiger partial charge in [-0.15, -0.1) is 0 Å². The van der Waals surface area contributed by atoms with Gasteiger partial charge in [-0.25, -0.2) is 0 Å². The summed E-state index contributed by atoms with van der Waals surface area (Å²) in [5.74, 6) is -0.284. The van der Waals surface area contributed by atoms with Gasteiger partial charge in [-0.3, -0.25) is 4.79 Å². The summed E-state index contributed by atoms with van der Waals surface area (Å²) in [4.78, 5) is 13.5. The highest BCUT2D eigenvalue weighted by molar-refractivity contribution is 5.76. The molecule has 0 saturated carbocycles. The molecule has 0 aliphatic carbocycles. The van der Waals surface area contributed by atoms with Crippen LogP contribution in [0.25, 0.3) is 0 Å². The Kier molecular flexibility index (Phi) is 57.8. The lowest BCUT2D eigenvalue weighted by molar-refractivity contribution is -0.379. The largest absolute Gasteiger partial charge is 0.394 e. The Morgan fingerprint density at radius 1 is 0.347 bits per heavy atom. The van der Waals surface area contributed by atoms with Gasteiger partial charge in [0.1, 0.15) is 73.2 Å². The van der Waals surface area contributed by atoms with Crippen LogP contribution in [0.2, 0.25) is 0 Å². The van der Waals surface area contributed by atoms with Gasteiger partial charge in [-0.05, 0) is 70.6 Å². The molecule has 17 unspecified atom stereocenters. The normalized spacial score (nSPS) is 26.5. The molecule has 3 fully saturated rings. The maximum absolute atomic E-state index is 13.5. The molecule has 17 atom stereocenters. The average molecular weight is 1440 g/mol. The minimum atomic E-state index is -1.98. The fourth-order valence-corrected chi connectivity index (χ4v) is 13.9. The molecule has 1 amide bonds. The summed E-state index contributed by atoms with van der Waals surface area (Å²) in [6.45, 7) is 1.76. The van der Waals surface area contributed by atoms with Crippen LogP contribution < -0.4 is 5.32 Å². The van der Waals surface area contributed by atoms with Crippen LogP contribution in [0.1, 0.15) is 335 Å². The van der Waals surface area contributed by atoms with Gasteiger partial charge in [-0.1, -0.05) is 306 Å². The van der Waals surface area contributed by atoms with Gasteiger partial charge in [0.2, 0.25) is 5.91 Å². The van der Waals surface area contributed by atoms with Gasteiger partial charge in [0.25, 0.3) is 0 Å². The van der Waals surface area contributed by atoms with E-state index in [1.807, 2.05) is 6.08 Å². The molecule has 0 radical (unpaired) electrons. The molecule has 3 heterocycles. The van der Waals surface area contributed by atoms with E-state index in [0.717, 1.165) is 44.9 Å². The second-order valence-electron chi connectivity index (χ2n) is 29.6. The molecule has 0 aromatic rings. The van der Waals surface area contributed by atoms with Gasteiger partial charge >= 0.3 is 0 Å². The van der Waals surface area contributed by atoms with Crippen LogP contribution in [0.5, 0.6) is 0 Å². The number of carbonyl (C=O) groups excluding carboxylic acids is 1. The van der Waals surface area contributed by atoms with Crippen molar-refractivity contribution in [3.63, 3.8) is 0 Å². The number of ether oxygens (including phenoxy) is 6. The van der Waals surface area contributed by atoms with Gasteiger partial charge in [-0.2, -0.15) is 0 Å². The predicted octanol–water partition coefficient (Wildman–Crippen LogP) is 14.1. The number of aliphatic hydroxyl groups excluding tert-OH is 11. The fourth-order valence-electron chi connectivity index (χ4n) is 13.9. The van der Waals surface area contributed by atoms with E-state index in [1.165, 1.54) is 257 Å². The predicted molar refractivity (Wildman–Crippen MR) is 402 cm³/mol. The standard InChI is InChI=1S/C82H151NO18/c1-3-5-7-9-11-13-15-17-19-21-23-25-27-29-30-31-32-33-34-36-38-40-42-44-46-48-50-52-54-56-58-60-70(88)83-65(66(87)59-57-55-53-51-49-47-45-43-41-39-37-35-28-26-24-22-20-18-16-14-12-10-8-6-4-2)64-96-80-76(94)73(91)78(68(62-85)98-80)101-82-77(95)74(92)79(69(63-86)99-82)100-81-75(93)72(90)71(89)67(61-84)97-81/h21,23,41,43,49,51,57,59,65-69,71-82,84-87,89-95H,3-20,22,24-40,42,44-48,50,52-56,58,60-64H2,1-2H3,(H,83,88)/b23-21-,43-41+,51-49+,59-57+. The van der Waals surface area contributed by atoms with E-state index in [1.54, 1.807) is 6.08 Å². The lowest BCUT2D eigenvalue weighted by Gasteiger charge is -2.48. The number of allylic oxidation sites excluding steroid dienone is 7. The van der Waals surface area contributed by atoms with Crippen LogP contribution >= 0.6 is 0 Å². The highest BCUT2D eigenvalue weighted by atomic mass is 16.8. The summed E-state index contributed by atoms with van der Waals surface area (Å²) in [6, 6.07) is -0.998. The molecule has 101 heavy (non-hydrogen) atoms. The monoisotopic (exact) mass is 1440 g/mol. The molecular formula is C82H151NO18. The minimum Gasteiger partial charge on any atom is -0.394 e. The molecular weight excluding hydrogens is 1290 g/mol. The number of aliphatic hydroxyl groups is 11. The van der Waals surface area contributed by atoms with Gasteiger partial charge < -0.3 is 89.9 Å². The molecule has 0 bridgehead atoms. The van der Waals surface area contributed by atoms with E-state index in [4.69, 9.17) is 28.4 Å². The van der Waals surface area contributed by atoms with Gasteiger partial charge in [0, 0.05) is 6.42 Å². The zero-order chi connectivity index (χ0) is 73.2. The lowest BCUT2D eigenvalue weighted by Crippen LogP contribution is -2.66. The first-order chi connectivity index (χ1) is 49.3. The topological polar surface area (TPSA) is 307 Å². The smallest absolute Gasteiger partial charge is 0.220 e. The van der Waals surface area contributed by atoms with E-state index in [0.29, 0.717) is 12.8 Å². The molecule has 3 rings (SSSR count). The zero-order valence-electron chi connectivity index (χ0n) is 63.4. The third kappa shape index (κ3) is 42.8. The zero-order valence-corrected chi connectivity index (χ0v) is 63.4. The Hall–Kier alpha value is -2.25. The minimum absolute atomic E-state index is 0.235. The summed E-state index contributed by atoms with van der Waals surface area (Å²) < 4.78 is 34.4. The molecule has 0 aromatic carbocycles. The summed E-state index contributed by atoms with van der Waals surface area (Å²) in [5.41, 5.74) is 0. The van der Waals surface area contributed by atoms with Crippen LogP contribution in [-0.2, 0) is 33.2 Å². The number of unbranched alkanes of at least 4 members (excludes halogenated alkanes) is 44. The van der Waals surface area contributed by atoms with Crippen LogP contribution in [-0.4, -0.2) is 193 Å². The third-order valence-electron chi connectivity index (χ3n) is 20.6. The Morgan fingerprint density at radius 2 is 0.634 bits per heavy atom. The first-order valence-electron chi connectivity index (χ1n) is 41.4. The molecule has 19 heteroatoms. The van der Waals surface area contributed by atoms with Crippen molar-refractivity contribution in [2.45, 2.75) is 439 Å². The van der Waals surface area contributed by atoms with Crippen molar-refractivity contribution in [1.82, 2.24) is 5.32 Å². The van der Waals surface area contributed by atoms with Crippen molar-refractivity contribution in [3.05, 3.63) is 48.6 Å². The van der Waals surface area contributed by atoms with E-state index in [9.17, 15) is 61.0 Å². The van der Waals surface area contributed by atoms with E-state index >= 15 is 0 Å². The number of hydrogen-bond donors (Lipinski definition) is 12. The Bertz CT molecular complexity index is 2010. The Labute approximate surface area is 612 Å². The van der Waals surface area contributed by atoms with Crippen molar-refractivity contribution >= 4 is 5.91 Å². The average Bonchev–Trinajstić information content (AvgIpc) is 0.792. The van der Waals surface area contributed by atoms with E-state index in [-0.39, 0.29) is 18.9 Å². The van der Waals surface area contributed by atoms with Crippen LogP contribution in [0.15, 0.2) is 48.6 Å². The van der Waals surface area contributed by atoms with E-state index in [2.05, 4.69) is 55.6 Å². The molecule has 3 aliphatic rings. The maximum Gasteiger partial charge on any atom is 0.220 e. The summed E-state index contributed by atoms with van der Waals surface area (Å²) in [5, 5.41) is 121. The lowest BCUT2D eigenvalue weighted by atomic mass is 9.96. The number of hydrogen-bond acceptors (Lipinski definition) is 18. The first kappa shape index (κ1) is 93.0. The summed E-state index contributed by atoms with van der Waals surface area (Å²) in [7, 11) is 0. The van der Waals surface area contributed by atoms with Gasteiger partial charge in [0.05, 0.1) is 38.6 Å². The molecule has 592 valence electrons.